The summed E-state index contributed by atoms with van der Waals surface area (Å²) in [5, 5.41) is 15.9. The fourth-order valence-corrected chi connectivity index (χ4v) is 2.74. The second kappa shape index (κ2) is 7.06. The zero-order chi connectivity index (χ0) is 15.4. The summed E-state index contributed by atoms with van der Waals surface area (Å²) in [6.45, 7) is 3.74. The molecule has 8 heteroatoms. The van der Waals surface area contributed by atoms with Crippen molar-refractivity contribution in [2.75, 3.05) is 10.6 Å². The van der Waals surface area contributed by atoms with Gasteiger partial charge in [0.2, 0.25) is 11.0 Å². The van der Waals surface area contributed by atoms with Crippen LogP contribution in [0.1, 0.15) is 18.4 Å². The maximum absolute atomic E-state index is 12.2. The van der Waals surface area contributed by atoms with Crippen molar-refractivity contribution in [2.45, 2.75) is 26.3 Å². The number of nitrogens with zero attached hydrogens (tertiary/aromatic N) is 2. The molecule has 0 aliphatic rings. The average molecular weight is 345 g/mol. The highest BCUT2D eigenvalue weighted by Gasteiger charge is 2.18. The highest BCUT2D eigenvalue weighted by Crippen LogP contribution is 2.26. The first-order valence-corrected chi connectivity index (χ1v) is 7.89. The van der Waals surface area contributed by atoms with Gasteiger partial charge in [-0.15, -0.1) is 10.2 Å². The molecule has 1 aromatic carbocycles. The molecule has 5 nitrogen and oxygen atoms in total. The Morgan fingerprint density at radius 1 is 1.38 bits per heavy atom. The molecule has 0 saturated carbocycles. The lowest BCUT2D eigenvalue weighted by Gasteiger charge is -2.18. The lowest BCUT2D eigenvalue weighted by atomic mass is 10.2. The number of benzene rings is 1. The van der Waals surface area contributed by atoms with Gasteiger partial charge < -0.3 is 5.32 Å². The Hall–Kier alpha value is -1.37. The van der Waals surface area contributed by atoms with Gasteiger partial charge in [-0.3, -0.25) is 10.1 Å². The Morgan fingerprint density at radius 2 is 2.14 bits per heavy atom. The molecule has 2 rings (SSSR count). The van der Waals surface area contributed by atoms with E-state index in [4.69, 9.17) is 23.2 Å². The molecule has 1 aromatic heterocycles. The number of carbonyl (C=O) groups is 1. The van der Waals surface area contributed by atoms with Crippen molar-refractivity contribution in [3.8, 4) is 0 Å². The third-order valence-electron chi connectivity index (χ3n) is 2.74. The largest absolute Gasteiger partial charge is 0.372 e. The van der Waals surface area contributed by atoms with E-state index in [2.05, 4.69) is 20.8 Å². The number of rotatable bonds is 5. The van der Waals surface area contributed by atoms with E-state index in [0.29, 0.717) is 27.3 Å². The molecule has 0 bridgehead atoms. The van der Waals surface area contributed by atoms with Crippen LogP contribution in [0.2, 0.25) is 10.0 Å². The summed E-state index contributed by atoms with van der Waals surface area (Å²) in [6.07, 6.45) is 0.600. The zero-order valence-electron chi connectivity index (χ0n) is 11.5. The van der Waals surface area contributed by atoms with Crippen LogP contribution < -0.4 is 10.6 Å². The van der Waals surface area contributed by atoms with Gasteiger partial charge in [0, 0.05) is 5.02 Å². The monoisotopic (exact) mass is 344 g/mol. The van der Waals surface area contributed by atoms with Crippen molar-refractivity contribution in [1.82, 2.24) is 10.2 Å². The second-order valence-electron chi connectivity index (χ2n) is 4.34. The standard InChI is InChI=1S/C13H14Cl2N4OS/c1-3-10(12(20)17-13-19-18-7(2)21-13)16-11-5-4-8(14)6-9(11)15/h4-6,10,16H,3H2,1-2H3,(H,17,19,20)/t10-/m0/s1. The van der Waals surface area contributed by atoms with E-state index in [-0.39, 0.29) is 5.91 Å². The van der Waals surface area contributed by atoms with Crippen molar-refractivity contribution in [2.24, 2.45) is 0 Å². The van der Waals surface area contributed by atoms with Crippen LogP contribution >= 0.6 is 34.5 Å². The molecule has 0 saturated heterocycles. The van der Waals surface area contributed by atoms with E-state index in [0.717, 1.165) is 5.01 Å². The van der Waals surface area contributed by atoms with Gasteiger partial charge in [0.25, 0.3) is 0 Å². The van der Waals surface area contributed by atoms with Crippen molar-refractivity contribution < 1.29 is 4.79 Å². The first kappa shape index (κ1) is 16.0. The van der Waals surface area contributed by atoms with E-state index in [1.54, 1.807) is 18.2 Å². The average Bonchev–Trinajstić information content (AvgIpc) is 2.83. The number of aromatic nitrogens is 2. The van der Waals surface area contributed by atoms with Crippen molar-refractivity contribution in [3.05, 3.63) is 33.3 Å². The Kier molecular flexibility index (Phi) is 5.39. The van der Waals surface area contributed by atoms with Crippen LogP contribution in [0.4, 0.5) is 10.8 Å². The lowest BCUT2D eigenvalue weighted by molar-refractivity contribution is -0.117. The molecule has 0 fully saturated rings. The summed E-state index contributed by atoms with van der Waals surface area (Å²) in [5.41, 5.74) is 0.663. The molecule has 0 unspecified atom stereocenters. The summed E-state index contributed by atoms with van der Waals surface area (Å²) >= 11 is 13.3. The highest BCUT2D eigenvalue weighted by atomic mass is 35.5. The van der Waals surface area contributed by atoms with Gasteiger partial charge in [-0.25, -0.2) is 0 Å². The Labute approximate surface area is 136 Å². The number of halogens is 2. The van der Waals surface area contributed by atoms with Gasteiger partial charge in [0.05, 0.1) is 10.7 Å². The molecule has 1 atom stereocenters. The molecular weight excluding hydrogens is 331 g/mol. The maximum atomic E-state index is 12.2. The van der Waals surface area contributed by atoms with Crippen LogP contribution in [-0.2, 0) is 4.79 Å². The van der Waals surface area contributed by atoms with Crippen LogP contribution in [0, 0.1) is 6.92 Å². The molecule has 21 heavy (non-hydrogen) atoms. The molecule has 0 aliphatic heterocycles. The van der Waals surface area contributed by atoms with Crippen LogP contribution in [0.5, 0.6) is 0 Å². The summed E-state index contributed by atoms with van der Waals surface area (Å²) < 4.78 is 0. The molecule has 2 aromatic rings. The number of aryl methyl sites for hydroxylation is 1. The third-order valence-corrected chi connectivity index (χ3v) is 4.04. The summed E-state index contributed by atoms with van der Waals surface area (Å²) in [6, 6.07) is 4.67. The first-order chi connectivity index (χ1) is 9.99. The predicted octanol–water partition coefficient (Wildman–Crippen LogP) is 3.98. The maximum Gasteiger partial charge on any atom is 0.248 e. The fourth-order valence-electron chi connectivity index (χ4n) is 1.69. The van der Waals surface area contributed by atoms with Gasteiger partial charge in [-0.1, -0.05) is 41.5 Å². The number of hydrogen-bond acceptors (Lipinski definition) is 5. The molecule has 0 aliphatic carbocycles. The number of anilines is 2. The van der Waals surface area contributed by atoms with Gasteiger partial charge in [-0.2, -0.15) is 0 Å². The molecule has 1 amide bonds. The van der Waals surface area contributed by atoms with Crippen molar-refractivity contribution in [3.63, 3.8) is 0 Å². The minimum Gasteiger partial charge on any atom is -0.372 e. The van der Waals surface area contributed by atoms with E-state index < -0.39 is 6.04 Å². The van der Waals surface area contributed by atoms with Gasteiger partial charge in [0.1, 0.15) is 11.0 Å². The van der Waals surface area contributed by atoms with E-state index >= 15 is 0 Å². The summed E-state index contributed by atoms with van der Waals surface area (Å²) in [4.78, 5) is 12.2. The topological polar surface area (TPSA) is 66.9 Å². The zero-order valence-corrected chi connectivity index (χ0v) is 13.8. The molecular formula is C13H14Cl2N4OS. The van der Waals surface area contributed by atoms with E-state index in [1.807, 2.05) is 13.8 Å². The normalized spacial score (nSPS) is 12.0. The van der Waals surface area contributed by atoms with E-state index in [9.17, 15) is 4.79 Å². The lowest BCUT2D eigenvalue weighted by Crippen LogP contribution is -2.34. The molecule has 0 radical (unpaired) electrons. The highest BCUT2D eigenvalue weighted by molar-refractivity contribution is 7.15. The van der Waals surface area contributed by atoms with Gasteiger partial charge in [-0.05, 0) is 31.5 Å². The van der Waals surface area contributed by atoms with Crippen LogP contribution in [-0.4, -0.2) is 22.1 Å². The van der Waals surface area contributed by atoms with Crippen molar-refractivity contribution in [1.29, 1.82) is 0 Å². The second-order valence-corrected chi connectivity index (χ2v) is 6.37. The summed E-state index contributed by atoms with van der Waals surface area (Å²) in [5.74, 6) is -0.181. The summed E-state index contributed by atoms with van der Waals surface area (Å²) in [7, 11) is 0. The van der Waals surface area contributed by atoms with Gasteiger partial charge >= 0.3 is 0 Å². The van der Waals surface area contributed by atoms with Crippen molar-refractivity contribution >= 4 is 51.3 Å². The number of hydrogen-bond donors (Lipinski definition) is 2. The molecule has 2 N–H and O–H groups in total. The van der Waals surface area contributed by atoms with E-state index in [1.165, 1.54) is 11.3 Å². The van der Waals surface area contributed by atoms with Crippen LogP contribution in [0.3, 0.4) is 0 Å². The molecule has 112 valence electrons. The third kappa shape index (κ3) is 4.30. The number of amides is 1. The Bertz CT molecular complexity index is 647. The van der Waals surface area contributed by atoms with Crippen LogP contribution in [0.25, 0.3) is 0 Å². The first-order valence-electron chi connectivity index (χ1n) is 6.32. The van der Waals surface area contributed by atoms with Crippen LogP contribution in [0.15, 0.2) is 18.2 Å². The SMILES string of the molecule is CC[C@H](Nc1ccc(Cl)cc1Cl)C(=O)Nc1nnc(C)s1. The molecule has 1 heterocycles. The van der Waals surface area contributed by atoms with Gasteiger partial charge in [0.15, 0.2) is 0 Å². The quantitative estimate of drug-likeness (QED) is 0.860. The Balaban J connectivity index is 2.06. The molecule has 0 spiro atoms. The number of carbonyl (C=O) groups excluding carboxylic acids is 1. The minimum atomic E-state index is -0.423. The Morgan fingerprint density at radius 3 is 2.71 bits per heavy atom. The minimum absolute atomic E-state index is 0.181. The predicted molar refractivity (Wildman–Crippen MR) is 87.4 cm³/mol. The number of nitrogens with one attached hydrogen (secondary N) is 2. The smallest absolute Gasteiger partial charge is 0.248 e. The fraction of sp³-hybridized carbons (Fsp3) is 0.308.